The van der Waals surface area contributed by atoms with Crippen LogP contribution in [0.4, 0.5) is 17.6 Å². The quantitative estimate of drug-likeness (QED) is 0.401. The molecule has 0 heterocycles. The largest absolute Gasteiger partial charge is 0.391 e. The molecule has 6 heteroatoms. The zero-order valence-electron chi connectivity index (χ0n) is 8.63. The summed E-state index contributed by atoms with van der Waals surface area (Å²) in [4.78, 5) is 0. The Morgan fingerprint density at radius 2 is 2.00 bits per heavy atom. The molecule has 0 aliphatic carbocycles. The highest BCUT2D eigenvalue weighted by atomic mass is 19.3. The lowest BCUT2D eigenvalue weighted by molar-refractivity contribution is -0.170. The first-order valence-electron chi connectivity index (χ1n) is 4.75. The Balaban J connectivity index is 3.62. The van der Waals surface area contributed by atoms with Crippen LogP contribution >= 0.6 is 0 Å². The van der Waals surface area contributed by atoms with E-state index >= 15 is 0 Å². The van der Waals surface area contributed by atoms with Gasteiger partial charge in [-0.1, -0.05) is 0 Å². The summed E-state index contributed by atoms with van der Waals surface area (Å²) >= 11 is 0. The standard InChI is InChI=1S/C10H14F4O2/c1-2-3-4-5-8(15)6-16-7-10(13,14)9(11)12/h1,8-9,15H,3-7H2. The molecule has 0 aromatic carbocycles. The number of halogens is 4. The van der Waals surface area contributed by atoms with Crippen LogP contribution in [0.1, 0.15) is 19.3 Å². The molecule has 0 saturated carbocycles. The Morgan fingerprint density at radius 3 is 2.50 bits per heavy atom. The van der Waals surface area contributed by atoms with Crippen LogP contribution in [0.25, 0.3) is 0 Å². The summed E-state index contributed by atoms with van der Waals surface area (Å²) < 4.78 is 52.3. The molecule has 0 aromatic heterocycles. The van der Waals surface area contributed by atoms with Gasteiger partial charge in [0.05, 0.1) is 12.7 Å². The second-order valence-electron chi connectivity index (χ2n) is 3.33. The van der Waals surface area contributed by atoms with Crippen molar-refractivity contribution in [3.05, 3.63) is 0 Å². The van der Waals surface area contributed by atoms with Crippen molar-refractivity contribution in [1.82, 2.24) is 0 Å². The molecule has 0 fully saturated rings. The third kappa shape index (κ3) is 6.64. The normalized spacial score (nSPS) is 13.8. The van der Waals surface area contributed by atoms with E-state index in [1.165, 1.54) is 0 Å². The first-order chi connectivity index (χ1) is 7.40. The third-order valence-corrected chi connectivity index (χ3v) is 1.78. The van der Waals surface area contributed by atoms with E-state index in [0.29, 0.717) is 19.3 Å². The average Bonchev–Trinajstić information content (AvgIpc) is 2.17. The number of rotatable bonds is 8. The van der Waals surface area contributed by atoms with Crippen molar-refractivity contribution in [2.75, 3.05) is 13.2 Å². The lowest BCUT2D eigenvalue weighted by Gasteiger charge is -2.16. The topological polar surface area (TPSA) is 29.5 Å². The third-order valence-electron chi connectivity index (χ3n) is 1.78. The van der Waals surface area contributed by atoms with Crippen molar-refractivity contribution >= 4 is 0 Å². The highest BCUT2D eigenvalue weighted by Crippen LogP contribution is 2.22. The fourth-order valence-electron chi connectivity index (χ4n) is 0.917. The molecule has 1 unspecified atom stereocenters. The van der Waals surface area contributed by atoms with Gasteiger partial charge >= 0.3 is 12.3 Å². The number of aliphatic hydroxyl groups excluding tert-OH is 1. The Bertz CT molecular complexity index is 225. The predicted octanol–water partition coefficient (Wildman–Crippen LogP) is 2.07. The second kappa shape index (κ2) is 7.47. The van der Waals surface area contributed by atoms with Crippen LogP contribution in [-0.2, 0) is 4.74 Å². The molecule has 0 aromatic rings. The minimum atomic E-state index is -4.17. The van der Waals surface area contributed by atoms with Crippen LogP contribution in [0, 0.1) is 12.3 Å². The van der Waals surface area contributed by atoms with Gasteiger partial charge in [0.1, 0.15) is 6.61 Å². The van der Waals surface area contributed by atoms with Crippen LogP contribution < -0.4 is 0 Å². The molecule has 94 valence electrons. The Labute approximate surface area is 91.6 Å². The lowest BCUT2D eigenvalue weighted by Crippen LogP contribution is -2.33. The number of terminal acetylenes is 1. The van der Waals surface area contributed by atoms with Crippen LogP contribution in [0.2, 0.25) is 0 Å². The number of hydrogen-bond donors (Lipinski definition) is 1. The highest BCUT2D eigenvalue weighted by molar-refractivity contribution is 4.83. The first kappa shape index (κ1) is 15.2. The Hall–Kier alpha value is -0.800. The van der Waals surface area contributed by atoms with Gasteiger partial charge in [-0.3, -0.25) is 0 Å². The molecule has 0 aliphatic rings. The lowest BCUT2D eigenvalue weighted by atomic mass is 10.2. The maximum Gasteiger partial charge on any atom is 0.330 e. The molecule has 0 spiro atoms. The number of alkyl halides is 4. The van der Waals surface area contributed by atoms with Crippen molar-refractivity contribution < 1.29 is 27.4 Å². The molecular weight excluding hydrogens is 228 g/mol. The van der Waals surface area contributed by atoms with Gasteiger partial charge in [-0.05, 0) is 12.8 Å². The van der Waals surface area contributed by atoms with E-state index in [1.807, 2.05) is 0 Å². The number of aliphatic hydroxyl groups is 1. The maximum absolute atomic E-state index is 12.3. The van der Waals surface area contributed by atoms with Crippen LogP contribution in [0.5, 0.6) is 0 Å². The van der Waals surface area contributed by atoms with Crippen LogP contribution in [-0.4, -0.2) is 36.8 Å². The van der Waals surface area contributed by atoms with Crippen molar-refractivity contribution in [2.24, 2.45) is 0 Å². The molecule has 1 N–H and O–H groups in total. The predicted molar refractivity (Wildman–Crippen MR) is 50.5 cm³/mol. The van der Waals surface area contributed by atoms with E-state index < -0.39 is 31.7 Å². The summed E-state index contributed by atoms with van der Waals surface area (Å²) in [5.41, 5.74) is 0. The van der Waals surface area contributed by atoms with E-state index in [4.69, 9.17) is 6.42 Å². The van der Waals surface area contributed by atoms with Gasteiger partial charge in [0.25, 0.3) is 0 Å². The van der Waals surface area contributed by atoms with Gasteiger partial charge in [-0.15, -0.1) is 12.3 Å². The van der Waals surface area contributed by atoms with Gasteiger partial charge < -0.3 is 9.84 Å². The number of ether oxygens (including phenoxy) is 1. The Kier molecular flexibility index (Phi) is 7.10. The van der Waals surface area contributed by atoms with Crippen LogP contribution in [0.15, 0.2) is 0 Å². The maximum atomic E-state index is 12.3. The summed E-state index contributed by atoms with van der Waals surface area (Å²) in [7, 11) is 0. The highest BCUT2D eigenvalue weighted by Gasteiger charge is 2.41. The zero-order chi connectivity index (χ0) is 12.6. The fourth-order valence-corrected chi connectivity index (χ4v) is 0.917. The SMILES string of the molecule is C#CCCCC(O)COCC(F)(F)C(F)F. The second-order valence-corrected chi connectivity index (χ2v) is 3.33. The minimum Gasteiger partial charge on any atom is -0.391 e. The van der Waals surface area contributed by atoms with Crippen molar-refractivity contribution in [3.8, 4) is 12.3 Å². The fraction of sp³-hybridized carbons (Fsp3) is 0.800. The first-order valence-corrected chi connectivity index (χ1v) is 4.75. The summed E-state index contributed by atoms with van der Waals surface area (Å²) in [5, 5.41) is 9.19. The molecule has 16 heavy (non-hydrogen) atoms. The molecule has 0 radical (unpaired) electrons. The molecular formula is C10H14F4O2. The summed E-state index contributed by atoms with van der Waals surface area (Å²) in [6.07, 6.45) is 1.54. The summed E-state index contributed by atoms with van der Waals surface area (Å²) in [6, 6.07) is 0. The van der Waals surface area contributed by atoms with Gasteiger partial charge in [-0.25, -0.2) is 8.78 Å². The van der Waals surface area contributed by atoms with E-state index in [1.54, 1.807) is 0 Å². The molecule has 0 amide bonds. The van der Waals surface area contributed by atoms with Crippen LogP contribution in [0.3, 0.4) is 0 Å². The molecule has 2 nitrogen and oxygen atoms in total. The van der Waals surface area contributed by atoms with E-state index in [9.17, 15) is 22.7 Å². The van der Waals surface area contributed by atoms with Crippen molar-refractivity contribution in [3.63, 3.8) is 0 Å². The summed E-state index contributed by atoms with van der Waals surface area (Å²) in [5.74, 6) is -1.82. The molecule has 0 rings (SSSR count). The van der Waals surface area contributed by atoms with Crippen molar-refractivity contribution in [2.45, 2.75) is 37.7 Å². The van der Waals surface area contributed by atoms with E-state index in [0.717, 1.165) is 0 Å². The van der Waals surface area contributed by atoms with Gasteiger partial charge in [0.15, 0.2) is 0 Å². The molecule has 1 atom stereocenters. The zero-order valence-corrected chi connectivity index (χ0v) is 8.63. The molecule has 0 saturated heterocycles. The van der Waals surface area contributed by atoms with E-state index in [-0.39, 0.29) is 0 Å². The summed E-state index contributed by atoms with van der Waals surface area (Å²) in [6.45, 7) is -1.79. The molecule has 0 bridgehead atoms. The van der Waals surface area contributed by atoms with Gasteiger partial charge in [-0.2, -0.15) is 8.78 Å². The Morgan fingerprint density at radius 1 is 1.38 bits per heavy atom. The van der Waals surface area contributed by atoms with E-state index in [2.05, 4.69) is 10.7 Å². The number of hydrogen-bond acceptors (Lipinski definition) is 2. The van der Waals surface area contributed by atoms with Gasteiger partial charge in [0.2, 0.25) is 0 Å². The average molecular weight is 242 g/mol. The smallest absolute Gasteiger partial charge is 0.330 e. The minimum absolute atomic E-state index is 0.296. The number of unbranched alkanes of at least 4 members (excludes halogenated alkanes) is 1. The van der Waals surface area contributed by atoms with Crippen molar-refractivity contribution in [1.29, 1.82) is 0 Å². The van der Waals surface area contributed by atoms with Gasteiger partial charge in [0, 0.05) is 6.42 Å². The monoisotopic (exact) mass is 242 g/mol. The molecule has 0 aliphatic heterocycles.